The maximum Gasteiger partial charge on any atom is 0.317 e. The van der Waals surface area contributed by atoms with Crippen LogP contribution >= 0.6 is 0 Å². The van der Waals surface area contributed by atoms with Gasteiger partial charge in [0.1, 0.15) is 0 Å². The second-order valence-corrected chi connectivity index (χ2v) is 6.10. The molecule has 0 aliphatic heterocycles. The van der Waals surface area contributed by atoms with Gasteiger partial charge in [0, 0.05) is 32.7 Å². The fourth-order valence-corrected chi connectivity index (χ4v) is 2.80. The Kier molecular flexibility index (Phi) is 5.62. The van der Waals surface area contributed by atoms with Crippen molar-refractivity contribution in [2.75, 3.05) is 33.9 Å². The summed E-state index contributed by atoms with van der Waals surface area (Å²) in [6.45, 7) is 2.18. The predicted octanol–water partition coefficient (Wildman–Crippen LogP) is 2.69. The Morgan fingerprint density at radius 3 is 2.62 bits per heavy atom. The van der Waals surface area contributed by atoms with Crippen molar-refractivity contribution in [2.45, 2.75) is 25.7 Å². The molecule has 2 rings (SSSR count). The first-order valence-corrected chi connectivity index (χ1v) is 7.67. The van der Waals surface area contributed by atoms with E-state index in [1.165, 1.54) is 12.0 Å². The van der Waals surface area contributed by atoms with Crippen LogP contribution in [0, 0.1) is 5.41 Å². The Morgan fingerprint density at radius 1 is 1.33 bits per heavy atom. The molecule has 0 heterocycles. The lowest BCUT2D eigenvalue weighted by molar-refractivity contribution is 0.0192. The minimum atomic E-state index is 0.00769. The molecule has 4 heteroatoms. The van der Waals surface area contributed by atoms with Gasteiger partial charge in [-0.15, -0.1) is 0 Å². The van der Waals surface area contributed by atoms with E-state index in [9.17, 15) is 4.79 Å². The Hall–Kier alpha value is -1.55. The van der Waals surface area contributed by atoms with Gasteiger partial charge >= 0.3 is 6.03 Å². The predicted molar refractivity (Wildman–Crippen MR) is 84.3 cm³/mol. The molecule has 0 unspecified atom stereocenters. The Labute approximate surface area is 127 Å². The molecule has 0 atom stereocenters. The Bertz CT molecular complexity index is 443. The summed E-state index contributed by atoms with van der Waals surface area (Å²) in [7, 11) is 3.58. The average Bonchev–Trinajstić information content (AvgIpc) is 2.48. The Morgan fingerprint density at radius 2 is 2.05 bits per heavy atom. The van der Waals surface area contributed by atoms with Gasteiger partial charge in [-0.05, 0) is 24.8 Å². The zero-order valence-corrected chi connectivity index (χ0v) is 13.1. The molecule has 0 bridgehead atoms. The molecule has 0 radical (unpaired) electrons. The third kappa shape index (κ3) is 4.46. The SMILES string of the molecule is COCC1(CNC(=O)N(C)CCc2ccccc2)CCC1. The van der Waals surface area contributed by atoms with Crippen molar-refractivity contribution < 1.29 is 9.53 Å². The number of rotatable bonds is 7. The highest BCUT2D eigenvalue weighted by Crippen LogP contribution is 2.40. The Balaban J connectivity index is 1.72. The van der Waals surface area contributed by atoms with E-state index >= 15 is 0 Å². The van der Waals surface area contributed by atoms with Gasteiger partial charge in [-0.25, -0.2) is 4.79 Å². The van der Waals surface area contributed by atoms with Gasteiger partial charge in [0.05, 0.1) is 6.61 Å². The lowest BCUT2D eigenvalue weighted by atomic mass is 9.69. The van der Waals surface area contributed by atoms with Crippen molar-refractivity contribution in [3.8, 4) is 0 Å². The second-order valence-electron chi connectivity index (χ2n) is 6.10. The lowest BCUT2D eigenvalue weighted by Crippen LogP contribution is -2.48. The van der Waals surface area contributed by atoms with Crippen LogP contribution in [0.1, 0.15) is 24.8 Å². The molecule has 21 heavy (non-hydrogen) atoms. The molecule has 0 aromatic heterocycles. The van der Waals surface area contributed by atoms with E-state index in [0.29, 0.717) is 0 Å². The summed E-state index contributed by atoms with van der Waals surface area (Å²) in [5, 5.41) is 3.05. The van der Waals surface area contributed by atoms with Crippen LogP contribution in [0.5, 0.6) is 0 Å². The number of carbonyl (C=O) groups is 1. The van der Waals surface area contributed by atoms with Crippen LogP contribution in [0.25, 0.3) is 0 Å². The van der Waals surface area contributed by atoms with Crippen LogP contribution in [-0.2, 0) is 11.2 Å². The number of nitrogens with one attached hydrogen (secondary N) is 1. The van der Waals surface area contributed by atoms with Gasteiger partial charge in [-0.3, -0.25) is 0 Å². The molecule has 1 aromatic carbocycles. The number of ether oxygens (including phenoxy) is 1. The minimum absolute atomic E-state index is 0.00769. The highest BCUT2D eigenvalue weighted by Gasteiger charge is 2.37. The standard InChI is InChI=1S/C17H26N2O2/c1-19(12-9-15-7-4-3-5-8-15)16(20)18-13-17(14-21-2)10-6-11-17/h3-5,7-8H,6,9-14H2,1-2H3,(H,18,20). The van der Waals surface area contributed by atoms with Gasteiger partial charge in [-0.1, -0.05) is 36.8 Å². The highest BCUT2D eigenvalue weighted by molar-refractivity contribution is 5.73. The molecule has 1 saturated carbocycles. The number of methoxy groups -OCH3 is 1. The minimum Gasteiger partial charge on any atom is -0.384 e. The third-order valence-corrected chi connectivity index (χ3v) is 4.40. The number of carbonyl (C=O) groups excluding carboxylic acids is 1. The summed E-state index contributed by atoms with van der Waals surface area (Å²) in [6, 6.07) is 10.3. The summed E-state index contributed by atoms with van der Waals surface area (Å²) >= 11 is 0. The second kappa shape index (κ2) is 7.46. The van der Waals surface area contributed by atoms with Crippen molar-refractivity contribution in [1.82, 2.24) is 10.2 Å². The average molecular weight is 290 g/mol. The molecule has 116 valence electrons. The van der Waals surface area contributed by atoms with Crippen LogP contribution in [0.15, 0.2) is 30.3 Å². The molecule has 1 N–H and O–H groups in total. The summed E-state index contributed by atoms with van der Waals surface area (Å²) < 4.78 is 5.28. The third-order valence-electron chi connectivity index (χ3n) is 4.40. The van der Waals surface area contributed by atoms with Crippen molar-refractivity contribution in [2.24, 2.45) is 5.41 Å². The van der Waals surface area contributed by atoms with Crippen LogP contribution in [-0.4, -0.2) is 44.8 Å². The van der Waals surface area contributed by atoms with Gasteiger partial charge < -0.3 is 15.0 Å². The maximum absolute atomic E-state index is 12.1. The van der Waals surface area contributed by atoms with E-state index in [1.807, 2.05) is 25.2 Å². The monoisotopic (exact) mass is 290 g/mol. The molecule has 1 aliphatic rings. The van der Waals surface area contributed by atoms with E-state index in [1.54, 1.807) is 12.0 Å². The van der Waals surface area contributed by atoms with Gasteiger partial charge in [0.15, 0.2) is 0 Å². The number of benzene rings is 1. The lowest BCUT2D eigenvalue weighted by Gasteiger charge is -2.41. The fourth-order valence-electron chi connectivity index (χ4n) is 2.80. The summed E-state index contributed by atoms with van der Waals surface area (Å²) in [5.74, 6) is 0. The molecule has 1 aromatic rings. The van der Waals surface area contributed by atoms with E-state index in [0.717, 1.165) is 39.0 Å². The van der Waals surface area contributed by atoms with E-state index in [2.05, 4.69) is 17.4 Å². The summed E-state index contributed by atoms with van der Waals surface area (Å²) in [6.07, 6.45) is 4.42. The largest absolute Gasteiger partial charge is 0.384 e. The number of likely N-dealkylation sites (N-methyl/N-ethyl adjacent to an activating group) is 1. The first kappa shape index (κ1) is 15.8. The zero-order chi connectivity index (χ0) is 15.1. The molecular formula is C17H26N2O2. The molecular weight excluding hydrogens is 264 g/mol. The summed E-state index contributed by atoms with van der Waals surface area (Å²) in [5.41, 5.74) is 1.43. The van der Waals surface area contributed by atoms with Crippen LogP contribution in [0.2, 0.25) is 0 Å². The normalized spacial score (nSPS) is 16.1. The van der Waals surface area contributed by atoms with Crippen LogP contribution in [0.3, 0.4) is 0 Å². The maximum atomic E-state index is 12.1. The van der Waals surface area contributed by atoms with Crippen molar-refractivity contribution in [1.29, 1.82) is 0 Å². The molecule has 4 nitrogen and oxygen atoms in total. The molecule has 1 aliphatic carbocycles. The zero-order valence-electron chi connectivity index (χ0n) is 13.1. The number of hydrogen-bond acceptors (Lipinski definition) is 2. The molecule has 0 spiro atoms. The number of amides is 2. The van der Waals surface area contributed by atoms with E-state index < -0.39 is 0 Å². The highest BCUT2D eigenvalue weighted by atomic mass is 16.5. The van der Waals surface area contributed by atoms with Crippen molar-refractivity contribution >= 4 is 6.03 Å². The van der Waals surface area contributed by atoms with E-state index in [4.69, 9.17) is 4.74 Å². The number of hydrogen-bond donors (Lipinski definition) is 1. The molecule has 1 fully saturated rings. The first-order valence-electron chi connectivity index (χ1n) is 7.67. The van der Waals surface area contributed by atoms with Crippen LogP contribution < -0.4 is 5.32 Å². The first-order chi connectivity index (χ1) is 10.2. The molecule has 2 amide bonds. The number of urea groups is 1. The van der Waals surface area contributed by atoms with Crippen LogP contribution in [0.4, 0.5) is 4.79 Å². The van der Waals surface area contributed by atoms with Crippen molar-refractivity contribution in [3.63, 3.8) is 0 Å². The van der Waals surface area contributed by atoms with Gasteiger partial charge in [-0.2, -0.15) is 0 Å². The van der Waals surface area contributed by atoms with Crippen molar-refractivity contribution in [3.05, 3.63) is 35.9 Å². The quantitative estimate of drug-likeness (QED) is 0.839. The smallest absolute Gasteiger partial charge is 0.317 e. The summed E-state index contributed by atoms with van der Waals surface area (Å²) in [4.78, 5) is 13.9. The topological polar surface area (TPSA) is 41.6 Å². The number of nitrogens with zero attached hydrogens (tertiary/aromatic N) is 1. The molecule has 0 saturated heterocycles. The van der Waals surface area contributed by atoms with E-state index in [-0.39, 0.29) is 11.4 Å². The van der Waals surface area contributed by atoms with Gasteiger partial charge in [0.25, 0.3) is 0 Å². The fraction of sp³-hybridized carbons (Fsp3) is 0.588. The van der Waals surface area contributed by atoms with Gasteiger partial charge in [0.2, 0.25) is 0 Å².